The second kappa shape index (κ2) is 11.3. The molecule has 208 valence electrons. The number of sulfonamides is 1. The molecule has 0 spiro atoms. The number of amides is 2. The minimum atomic E-state index is -4.62. The van der Waals surface area contributed by atoms with Crippen LogP contribution in [-0.2, 0) is 25.8 Å². The Morgan fingerprint density at radius 2 is 1.82 bits per heavy atom. The Morgan fingerprint density at radius 1 is 1.12 bits per heavy atom. The number of hydrogen-bond donors (Lipinski definition) is 3. The van der Waals surface area contributed by atoms with Gasteiger partial charge in [-0.2, -0.15) is 13.2 Å². The summed E-state index contributed by atoms with van der Waals surface area (Å²) < 4.78 is 67.8. The zero-order chi connectivity index (χ0) is 29.2. The number of alkyl halides is 3. The van der Waals surface area contributed by atoms with E-state index in [2.05, 4.69) is 5.32 Å². The SMILES string of the molecule is N=C1S/C(=C\c2cc(Cl)ccc2OCC(=O)Nc2ccc(S(N)(=O)=O)cc2)C(=O)N1c1cccc(C(F)(F)F)c1. The fourth-order valence-corrected chi connectivity index (χ4v) is 5.06. The van der Waals surface area contributed by atoms with Gasteiger partial charge in [-0.15, -0.1) is 0 Å². The topological polar surface area (TPSA) is 143 Å². The number of carbonyl (C=O) groups is 2. The standard InChI is InChI=1S/C25H18ClF3N4O5S2/c26-16-4-9-20(38-13-22(34)32-17-5-7-19(8-6-17)40(31,36)37)14(10-16)11-21-23(35)33(24(30)39-21)18-3-1-2-15(12-18)25(27,28)29/h1-12,30H,13H2,(H,32,34)(H2,31,36,37)/b21-11-,30-24?. The summed E-state index contributed by atoms with van der Waals surface area (Å²) in [6, 6.07) is 13.7. The van der Waals surface area contributed by atoms with Crippen molar-refractivity contribution in [2.24, 2.45) is 5.14 Å². The van der Waals surface area contributed by atoms with Gasteiger partial charge in [-0.1, -0.05) is 17.7 Å². The number of hydrogen-bond acceptors (Lipinski definition) is 7. The third-order valence-corrected chi connectivity index (χ3v) is 7.39. The van der Waals surface area contributed by atoms with Crippen LogP contribution >= 0.6 is 23.4 Å². The molecule has 0 bridgehead atoms. The lowest BCUT2D eigenvalue weighted by molar-refractivity contribution is -0.137. The van der Waals surface area contributed by atoms with Crippen molar-refractivity contribution in [3.05, 3.63) is 87.8 Å². The molecule has 1 saturated heterocycles. The van der Waals surface area contributed by atoms with E-state index in [9.17, 15) is 31.2 Å². The number of rotatable bonds is 7. The van der Waals surface area contributed by atoms with E-state index in [1.807, 2.05) is 0 Å². The highest BCUT2D eigenvalue weighted by atomic mass is 35.5. The van der Waals surface area contributed by atoms with Crippen molar-refractivity contribution < 1.29 is 35.9 Å². The number of nitrogens with zero attached hydrogens (tertiary/aromatic N) is 1. The molecule has 1 aliphatic heterocycles. The maximum atomic E-state index is 13.2. The lowest BCUT2D eigenvalue weighted by Crippen LogP contribution is -2.28. The zero-order valence-corrected chi connectivity index (χ0v) is 22.4. The molecule has 4 N–H and O–H groups in total. The Labute approximate surface area is 235 Å². The van der Waals surface area contributed by atoms with Crippen LogP contribution in [0.5, 0.6) is 5.75 Å². The number of ether oxygens (including phenoxy) is 1. The van der Waals surface area contributed by atoms with Crippen molar-refractivity contribution in [2.45, 2.75) is 11.1 Å². The summed E-state index contributed by atoms with van der Waals surface area (Å²) in [4.78, 5) is 26.2. The van der Waals surface area contributed by atoms with Crippen LogP contribution < -0.4 is 20.1 Å². The van der Waals surface area contributed by atoms with Crippen molar-refractivity contribution in [2.75, 3.05) is 16.8 Å². The van der Waals surface area contributed by atoms with Crippen molar-refractivity contribution in [1.82, 2.24) is 0 Å². The van der Waals surface area contributed by atoms with Gasteiger partial charge in [-0.3, -0.25) is 19.9 Å². The van der Waals surface area contributed by atoms with E-state index in [0.29, 0.717) is 5.69 Å². The zero-order valence-electron chi connectivity index (χ0n) is 20.0. The first-order valence-corrected chi connectivity index (χ1v) is 13.8. The number of primary sulfonamides is 1. The maximum absolute atomic E-state index is 13.2. The van der Waals surface area contributed by atoms with Crippen molar-refractivity contribution in [3.8, 4) is 5.75 Å². The quantitative estimate of drug-likeness (QED) is 0.319. The summed E-state index contributed by atoms with van der Waals surface area (Å²) in [7, 11) is -3.89. The average Bonchev–Trinajstić information content (AvgIpc) is 3.15. The number of anilines is 2. The van der Waals surface area contributed by atoms with E-state index in [1.165, 1.54) is 54.6 Å². The highest BCUT2D eigenvalue weighted by Gasteiger charge is 2.36. The minimum absolute atomic E-state index is 0.0222. The smallest absolute Gasteiger partial charge is 0.416 e. The van der Waals surface area contributed by atoms with Crippen LogP contribution in [0.1, 0.15) is 11.1 Å². The van der Waals surface area contributed by atoms with Crippen molar-refractivity contribution in [3.63, 3.8) is 0 Å². The molecular weight excluding hydrogens is 593 g/mol. The fraction of sp³-hybridized carbons (Fsp3) is 0.0800. The molecule has 2 amide bonds. The Kier molecular flexibility index (Phi) is 8.25. The fourth-order valence-electron chi connectivity index (χ4n) is 3.52. The number of amidine groups is 1. The Hall–Kier alpha value is -3.85. The number of carbonyl (C=O) groups excluding carboxylic acids is 2. The molecule has 3 aromatic carbocycles. The summed E-state index contributed by atoms with van der Waals surface area (Å²) in [5.41, 5.74) is -0.498. The number of benzene rings is 3. The van der Waals surface area contributed by atoms with Gasteiger partial charge in [0, 0.05) is 16.3 Å². The van der Waals surface area contributed by atoms with E-state index in [-0.39, 0.29) is 37.0 Å². The summed E-state index contributed by atoms with van der Waals surface area (Å²) in [5.74, 6) is -1.14. The predicted molar refractivity (Wildman–Crippen MR) is 146 cm³/mol. The monoisotopic (exact) mass is 610 g/mol. The van der Waals surface area contributed by atoms with Crippen LogP contribution in [0.3, 0.4) is 0 Å². The molecule has 0 radical (unpaired) electrons. The summed E-state index contributed by atoms with van der Waals surface area (Å²) in [6.07, 6.45) is -3.26. The van der Waals surface area contributed by atoms with E-state index >= 15 is 0 Å². The second-order valence-corrected chi connectivity index (χ2v) is 11.2. The molecule has 1 aliphatic rings. The molecule has 0 aliphatic carbocycles. The highest BCUT2D eigenvalue weighted by molar-refractivity contribution is 8.19. The van der Waals surface area contributed by atoms with Gasteiger partial charge in [0.1, 0.15) is 5.75 Å². The predicted octanol–water partition coefficient (Wildman–Crippen LogP) is 5.08. The molecule has 0 atom stereocenters. The molecule has 15 heteroatoms. The van der Waals surface area contributed by atoms with Gasteiger partial charge in [0.25, 0.3) is 11.8 Å². The van der Waals surface area contributed by atoms with Crippen LogP contribution in [0.4, 0.5) is 24.5 Å². The van der Waals surface area contributed by atoms with Gasteiger partial charge in [-0.25, -0.2) is 13.6 Å². The Balaban J connectivity index is 1.50. The molecule has 40 heavy (non-hydrogen) atoms. The third kappa shape index (κ3) is 6.83. The molecule has 0 aromatic heterocycles. The van der Waals surface area contributed by atoms with E-state index in [1.54, 1.807) is 0 Å². The average molecular weight is 611 g/mol. The van der Waals surface area contributed by atoms with Crippen LogP contribution in [0.2, 0.25) is 5.02 Å². The number of thioether (sulfide) groups is 1. The second-order valence-electron chi connectivity index (χ2n) is 8.19. The van der Waals surface area contributed by atoms with Gasteiger partial charge in [-0.05, 0) is 78.5 Å². The van der Waals surface area contributed by atoms with Crippen LogP contribution in [0.25, 0.3) is 6.08 Å². The minimum Gasteiger partial charge on any atom is -0.483 e. The highest BCUT2D eigenvalue weighted by Crippen LogP contribution is 2.39. The van der Waals surface area contributed by atoms with Gasteiger partial charge in [0.05, 0.1) is 21.1 Å². The molecule has 9 nitrogen and oxygen atoms in total. The number of halogens is 4. The van der Waals surface area contributed by atoms with E-state index in [0.717, 1.165) is 34.9 Å². The molecular formula is C25H18ClF3N4O5S2. The first-order chi connectivity index (χ1) is 18.7. The lowest BCUT2D eigenvalue weighted by atomic mass is 10.1. The molecule has 1 fully saturated rings. The number of nitrogens with one attached hydrogen (secondary N) is 2. The van der Waals surface area contributed by atoms with Crippen LogP contribution in [0.15, 0.2) is 76.5 Å². The first kappa shape index (κ1) is 29.1. The summed E-state index contributed by atoms with van der Waals surface area (Å²) in [6.45, 7) is -0.470. The lowest BCUT2D eigenvalue weighted by Gasteiger charge is -2.16. The van der Waals surface area contributed by atoms with E-state index in [4.69, 9.17) is 26.9 Å². The summed E-state index contributed by atoms with van der Waals surface area (Å²) >= 11 is 6.84. The largest absolute Gasteiger partial charge is 0.483 e. The van der Waals surface area contributed by atoms with Gasteiger partial charge < -0.3 is 10.1 Å². The molecule has 1 heterocycles. The normalized spacial score (nSPS) is 15.0. The van der Waals surface area contributed by atoms with Gasteiger partial charge in [0.2, 0.25) is 10.0 Å². The first-order valence-electron chi connectivity index (χ1n) is 11.1. The molecule has 0 saturated carbocycles. The Morgan fingerprint density at radius 3 is 2.48 bits per heavy atom. The van der Waals surface area contributed by atoms with Crippen LogP contribution in [0, 0.1) is 5.41 Å². The van der Waals surface area contributed by atoms with Crippen molar-refractivity contribution >= 4 is 67.8 Å². The molecule has 4 rings (SSSR count). The van der Waals surface area contributed by atoms with Crippen molar-refractivity contribution in [1.29, 1.82) is 5.41 Å². The Bertz CT molecular complexity index is 1640. The molecule has 3 aromatic rings. The van der Waals surface area contributed by atoms with Gasteiger partial charge >= 0.3 is 6.18 Å². The maximum Gasteiger partial charge on any atom is 0.416 e. The van der Waals surface area contributed by atoms with Crippen LogP contribution in [-0.4, -0.2) is 32.0 Å². The molecule has 0 unspecified atom stereocenters. The number of nitrogens with two attached hydrogens (primary N) is 1. The van der Waals surface area contributed by atoms with E-state index < -0.39 is 40.2 Å². The van der Waals surface area contributed by atoms with Gasteiger partial charge in [0.15, 0.2) is 11.8 Å². The third-order valence-electron chi connectivity index (χ3n) is 5.34. The summed E-state index contributed by atoms with van der Waals surface area (Å²) in [5, 5.41) is 15.7.